The Morgan fingerprint density at radius 1 is 0.806 bits per heavy atom. The molecule has 4 aromatic rings. The summed E-state index contributed by atoms with van der Waals surface area (Å²) in [6, 6.07) is 20.7. The van der Waals surface area contributed by atoms with Crippen LogP contribution in [0.3, 0.4) is 0 Å². The van der Waals surface area contributed by atoms with Crippen molar-refractivity contribution in [1.82, 2.24) is 0 Å². The number of nitrogens with two attached hydrogens (primary N) is 1. The number of rotatable bonds is 5. The van der Waals surface area contributed by atoms with Gasteiger partial charge in [-0.05, 0) is 54.6 Å². The Labute approximate surface area is 211 Å². The highest BCUT2D eigenvalue weighted by atomic mass is 35.5. The van der Waals surface area contributed by atoms with Crippen molar-refractivity contribution in [3.8, 4) is 11.5 Å². The van der Waals surface area contributed by atoms with Crippen molar-refractivity contribution >= 4 is 50.3 Å². The number of nitrogens with one attached hydrogen (secondary N) is 1. The van der Waals surface area contributed by atoms with Gasteiger partial charge in [-0.3, -0.25) is 14.1 Å². The molecular weight excluding hydrogens is 504 g/mol. The second-order valence-corrected chi connectivity index (χ2v) is 9.80. The normalized spacial score (nSPS) is 12.6. The Morgan fingerprint density at radius 2 is 1.33 bits per heavy atom. The minimum absolute atomic E-state index is 0.00560. The van der Waals surface area contributed by atoms with Gasteiger partial charge in [0.05, 0.1) is 22.5 Å². The molecule has 4 aromatic carbocycles. The van der Waals surface area contributed by atoms with E-state index in [-0.39, 0.29) is 27.9 Å². The van der Waals surface area contributed by atoms with Crippen LogP contribution < -0.4 is 15.8 Å². The molecule has 1 aliphatic carbocycles. The molecular formula is C26H17ClN2O6S. The lowest BCUT2D eigenvalue weighted by atomic mass is 9.82. The van der Waals surface area contributed by atoms with Crippen LogP contribution in [0.5, 0.6) is 11.5 Å². The molecule has 0 aliphatic heterocycles. The first-order chi connectivity index (χ1) is 17.1. The largest absolute Gasteiger partial charge is 0.457 e. The lowest BCUT2D eigenvalue weighted by Crippen LogP contribution is -2.25. The highest BCUT2D eigenvalue weighted by Gasteiger charge is 2.36. The fraction of sp³-hybridized carbons (Fsp3) is 0. The summed E-state index contributed by atoms with van der Waals surface area (Å²) in [6.45, 7) is 0. The number of carbonyl (C=O) groups excluding carboxylic acids is 2. The summed E-state index contributed by atoms with van der Waals surface area (Å²) >= 11 is 5.89. The number of benzene rings is 4. The molecule has 1 aliphatic rings. The third-order valence-corrected chi connectivity index (χ3v) is 6.81. The lowest BCUT2D eigenvalue weighted by molar-refractivity contribution is 0.0980. The maximum Gasteiger partial charge on any atom is 0.296 e. The van der Waals surface area contributed by atoms with E-state index in [1.807, 2.05) is 0 Å². The van der Waals surface area contributed by atoms with Crippen LogP contribution in [0.4, 0.5) is 17.1 Å². The van der Waals surface area contributed by atoms with Gasteiger partial charge < -0.3 is 15.8 Å². The van der Waals surface area contributed by atoms with E-state index < -0.39 is 32.3 Å². The third kappa shape index (κ3) is 4.20. The average molecular weight is 521 g/mol. The van der Waals surface area contributed by atoms with Crippen LogP contribution in [0.2, 0.25) is 5.02 Å². The summed E-state index contributed by atoms with van der Waals surface area (Å²) in [5.41, 5.74) is 5.89. The predicted molar refractivity (Wildman–Crippen MR) is 135 cm³/mol. The van der Waals surface area contributed by atoms with Crippen molar-refractivity contribution in [2.75, 3.05) is 11.1 Å². The molecule has 0 radical (unpaired) electrons. The minimum Gasteiger partial charge on any atom is -0.457 e. The zero-order valence-corrected chi connectivity index (χ0v) is 19.9. The second-order valence-electron chi connectivity index (χ2n) is 7.97. The molecule has 0 fully saturated rings. The zero-order valence-electron chi connectivity index (χ0n) is 18.4. The van der Waals surface area contributed by atoms with Gasteiger partial charge in [0.2, 0.25) is 0 Å². The van der Waals surface area contributed by atoms with Crippen molar-refractivity contribution in [3.63, 3.8) is 0 Å². The number of anilines is 3. The quantitative estimate of drug-likeness (QED) is 0.205. The van der Waals surface area contributed by atoms with Crippen LogP contribution >= 0.6 is 11.6 Å². The molecule has 0 unspecified atom stereocenters. The van der Waals surface area contributed by atoms with E-state index in [4.69, 9.17) is 22.1 Å². The van der Waals surface area contributed by atoms with Gasteiger partial charge in [0.15, 0.2) is 11.6 Å². The zero-order chi connectivity index (χ0) is 25.6. The topological polar surface area (TPSA) is 136 Å². The van der Waals surface area contributed by atoms with E-state index in [0.29, 0.717) is 22.2 Å². The van der Waals surface area contributed by atoms with Gasteiger partial charge in [-0.1, -0.05) is 35.9 Å². The Bertz CT molecular complexity index is 1650. The number of ether oxygens (including phenoxy) is 1. The van der Waals surface area contributed by atoms with Crippen LogP contribution in [-0.4, -0.2) is 24.5 Å². The van der Waals surface area contributed by atoms with Gasteiger partial charge in [-0.25, -0.2) is 0 Å². The molecule has 5 rings (SSSR count). The Morgan fingerprint density at radius 3 is 1.89 bits per heavy atom. The van der Waals surface area contributed by atoms with Gasteiger partial charge in [0.1, 0.15) is 16.4 Å². The molecule has 0 aromatic heterocycles. The molecule has 10 heteroatoms. The van der Waals surface area contributed by atoms with Gasteiger partial charge in [0.25, 0.3) is 10.1 Å². The number of carbonyl (C=O) groups is 2. The van der Waals surface area contributed by atoms with E-state index in [2.05, 4.69) is 5.32 Å². The average Bonchev–Trinajstić information content (AvgIpc) is 2.85. The first-order valence-electron chi connectivity index (χ1n) is 10.6. The van der Waals surface area contributed by atoms with Gasteiger partial charge in [-0.2, -0.15) is 8.42 Å². The number of halogens is 1. The first kappa shape index (κ1) is 23.6. The van der Waals surface area contributed by atoms with Crippen LogP contribution in [0.1, 0.15) is 31.8 Å². The van der Waals surface area contributed by atoms with Gasteiger partial charge in [-0.15, -0.1) is 0 Å². The van der Waals surface area contributed by atoms with E-state index in [1.165, 1.54) is 12.1 Å². The maximum atomic E-state index is 13.4. The molecule has 0 atom stereocenters. The summed E-state index contributed by atoms with van der Waals surface area (Å²) in [6.07, 6.45) is 0. The molecule has 0 amide bonds. The fourth-order valence-electron chi connectivity index (χ4n) is 4.01. The van der Waals surface area contributed by atoms with Crippen LogP contribution in [-0.2, 0) is 10.1 Å². The standard InChI is InChI=1S/C26H17ClN2O6S/c27-14-5-9-16(10-6-14)35-17-11-7-15(8-12-17)29-20-13-21(36(32,33)34)24(28)23-22(20)25(30)18-3-1-2-4-19(18)26(23)31/h1-13,29H,28H2,(H,32,33,34). The van der Waals surface area contributed by atoms with Crippen molar-refractivity contribution in [3.05, 3.63) is 106 Å². The van der Waals surface area contributed by atoms with Gasteiger partial charge >= 0.3 is 0 Å². The second kappa shape index (κ2) is 8.80. The monoisotopic (exact) mass is 520 g/mol. The SMILES string of the molecule is Nc1c(S(=O)(=O)O)cc(Nc2ccc(Oc3ccc(Cl)cc3)cc2)c2c1C(=O)c1ccccc1C2=O. The highest BCUT2D eigenvalue weighted by molar-refractivity contribution is 7.86. The van der Waals surface area contributed by atoms with Crippen molar-refractivity contribution < 1.29 is 27.3 Å². The number of hydrogen-bond acceptors (Lipinski definition) is 7. The molecule has 0 heterocycles. The fourth-order valence-corrected chi connectivity index (χ4v) is 4.78. The lowest BCUT2D eigenvalue weighted by Gasteiger charge is -2.23. The number of hydrogen-bond donors (Lipinski definition) is 3. The van der Waals surface area contributed by atoms with E-state index >= 15 is 0 Å². The smallest absolute Gasteiger partial charge is 0.296 e. The summed E-state index contributed by atoms with van der Waals surface area (Å²) in [5, 5.41) is 3.55. The molecule has 0 bridgehead atoms. The molecule has 0 spiro atoms. The molecule has 4 N–H and O–H groups in total. The summed E-state index contributed by atoms with van der Waals surface area (Å²) in [4.78, 5) is 25.9. The van der Waals surface area contributed by atoms with Crippen LogP contribution in [0.15, 0.2) is 83.8 Å². The van der Waals surface area contributed by atoms with Crippen molar-refractivity contribution in [2.45, 2.75) is 4.90 Å². The summed E-state index contributed by atoms with van der Waals surface area (Å²) in [5.74, 6) is -0.0220. The Balaban J connectivity index is 1.56. The number of fused-ring (bicyclic) bond motifs is 2. The minimum atomic E-state index is -4.80. The van der Waals surface area contributed by atoms with Crippen LogP contribution in [0, 0.1) is 0 Å². The van der Waals surface area contributed by atoms with Gasteiger partial charge in [0, 0.05) is 21.8 Å². The van der Waals surface area contributed by atoms with E-state index in [9.17, 15) is 22.6 Å². The highest BCUT2D eigenvalue weighted by Crippen LogP contribution is 2.40. The predicted octanol–water partition coefficient (Wildman–Crippen LogP) is 5.48. The van der Waals surface area contributed by atoms with Crippen molar-refractivity contribution in [1.29, 1.82) is 0 Å². The molecule has 36 heavy (non-hydrogen) atoms. The Kier molecular flexibility index (Phi) is 5.76. The summed E-state index contributed by atoms with van der Waals surface area (Å²) < 4.78 is 39.6. The molecule has 0 saturated heterocycles. The molecule has 8 nitrogen and oxygen atoms in total. The Hall–Kier alpha value is -4.18. The molecule has 0 saturated carbocycles. The van der Waals surface area contributed by atoms with E-state index in [1.54, 1.807) is 60.7 Å². The van der Waals surface area contributed by atoms with E-state index in [0.717, 1.165) is 6.07 Å². The molecule has 180 valence electrons. The van der Waals surface area contributed by atoms with Crippen molar-refractivity contribution in [2.24, 2.45) is 0 Å². The number of nitrogen functional groups attached to an aromatic ring is 1. The maximum absolute atomic E-state index is 13.4. The summed E-state index contributed by atoms with van der Waals surface area (Å²) in [7, 11) is -4.80. The number of ketones is 2. The third-order valence-electron chi connectivity index (χ3n) is 5.66. The first-order valence-corrected chi connectivity index (χ1v) is 12.4. The van der Waals surface area contributed by atoms with Crippen LogP contribution in [0.25, 0.3) is 0 Å².